The number of hydrogen-bond acceptors (Lipinski definition) is 6. The predicted molar refractivity (Wildman–Crippen MR) is 120 cm³/mol. The number of thiazole rings is 1. The summed E-state index contributed by atoms with van der Waals surface area (Å²) < 4.78 is 0. The summed E-state index contributed by atoms with van der Waals surface area (Å²) in [6.07, 6.45) is 0.698. The monoisotopic (exact) mass is 459 g/mol. The molecule has 29 heavy (non-hydrogen) atoms. The number of hydrogen-bond donors (Lipinski definition) is 2. The first kappa shape index (κ1) is 25.3. The van der Waals surface area contributed by atoms with Crippen molar-refractivity contribution in [3.05, 3.63) is 52.0 Å². The molecule has 160 valence electrons. The molecule has 1 aromatic heterocycles. The number of aromatic nitrogens is 1. The molecular weight excluding hydrogens is 433 g/mol. The molecule has 10 heteroatoms. The molecule has 0 spiro atoms. The Kier molecular flexibility index (Phi) is 11.2. The molecule has 2 heterocycles. The number of halogens is 2. The fraction of sp³-hybridized carbons (Fsp3) is 0.421. The topological polar surface area (TPSA) is 91.6 Å². The second kappa shape index (κ2) is 12.8. The summed E-state index contributed by atoms with van der Waals surface area (Å²) in [7, 11) is 0. The molecule has 2 amide bonds. The SMILES string of the molecule is Cl.Cl.NCCc1nc(C(=O)N2CCN(CC(=O)NCc3ccccc3)CC2)cs1. The zero-order valence-corrected chi connectivity index (χ0v) is 18.5. The maximum Gasteiger partial charge on any atom is 0.273 e. The average Bonchev–Trinajstić information content (AvgIpc) is 3.16. The fourth-order valence-corrected chi connectivity index (χ4v) is 3.76. The van der Waals surface area contributed by atoms with E-state index in [1.807, 2.05) is 30.3 Å². The number of benzene rings is 1. The van der Waals surface area contributed by atoms with Gasteiger partial charge in [0.15, 0.2) is 0 Å². The van der Waals surface area contributed by atoms with Crippen molar-refractivity contribution in [1.29, 1.82) is 0 Å². The lowest BCUT2D eigenvalue weighted by Gasteiger charge is -2.34. The molecule has 1 aromatic carbocycles. The highest BCUT2D eigenvalue weighted by atomic mass is 35.5. The van der Waals surface area contributed by atoms with E-state index < -0.39 is 0 Å². The van der Waals surface area contributed by atoms with Gasteiger partial charge in [0.2, 0.25) is 5.91 Å². The van der Waals surface area contributed by atoms with E-state index in [0.29, 0.717) is 57.9 Å². The van der Waals surface area contributed by atoms with E-state index >= 15 is 0 Å². The van der Waals surface area contributed by atoms with Gasteiger partial charge in [0.05, 0.1) is 11.6 Å². The first-order valence-corrected chi connectivity index (χ1v) is 10.0. The van der Waals surface area contributed by atoms with Crippen molar-refractivity contribution < 1.29 is 9.59 Å². The smallest absolute Gasteiger partial charge is 0.273 e. The van der Waals surface area contributed by atoms with Gasteiger partial charge in [-0.15, -0.1) is 36.2 Å². The highest BCUT2D eigenvalue weighted by Gasteiger charge is 2.24. The second-order valence-corrected chi connectivity index (χ2v) is 7.44. The standard InChI is InChI=1S/C19H25N5O2S.2ClH/c20-7-6-18-22-16(14-27-18)19(26)24-10-8-23(9-11-24)13-17(25)21-12-15-4-2-1-3-5-15;;/h1-5,14H,6-13,20H2,(H,21,25);2*1H. The number of nitrogens with zero attached hydrogens (tertiary/aromatic N) is 3. The van der Waals surface area contributed by atoms with Crippen LogP contribution in [0.2, 0.25) is 0 Å². The Balaban J connectivity index is 0.00000210. The molecule has 0 bridgehead atoms. The van der Waals surface area contributed by atoms with Crippen LogP contribution in [0.5, 0.6) is 0 Å². The van der Waals surface area contributed by atoms with Gasteiger partial charge >= 0.3 is 0 Å². The van der Waals surface area contributed by atoms with E-state index in [0.717, 1.165) is 10.6 Å². The van der Waals surface area contributed by atoms with Crippen molar-refractivity contribution in [2.45, 2.75) is 13.0 Å². The summed E-state index contributed by atoms with van der Waals surface area (Å²) >= 11 is 1.48. The summed E-state index contributed by atoms with van der Waals surface area (Å²) in [6, 6.07) is 9.85. The van der Waals surface area contributed by atoms with Crippen LogP contribution in [-0.2, 0) is 17.8 Å². The van der Waals surface area contributed by atoms with Crippen LogP contribution < -0.4 is 11.1 Å². The summed E-state index contributed by atoms with van der Waals surface area (Å²) in [5, 5.41) is 5.64. The summed E-state index contributed by atoms with van der Waals surface area (Å²) in [5.41, 5.74) is 7.11. The van der Waals surface area contributed by atoms with Crippen molar-refractivity contribution in [3.8, 4) is 0 Å². The Bertz CT molecular complexity index is 767. The summed E-state index contributed by atoms with van der Waals surface area (Å²) in [5.74, 6) is -0.0349. The number of amides is 2. The van der Waals surface area contributed by atoms with Gasteiger partial charge < -0.3 is 16.0 Å². The van der Waals surface area contributed by atoms with Gasteiger partial charge in [-0.3, -0.25) is 14.5 Å². The molecule has 0 saturated carbocycles. The van der Waals surface area contributed by atoms with E-state index in [4.69, 9.17) is 5.73 Å². The lowest BCUT2D eigenvalue weighted by atomic mass is 10.2. The van der Waals surface area contributed by atoms with Gasteiger partial charge in [-0.25, -0.2) is 4.98 Å². The highest BCUT2D eigenvalue weighted by Crippen LogP contribution is 2.13. The minimum atomic E-state index is -0.0392. The lowest BCUT2D eigenvalue weighted by molar-refractivity contribution is -0.122. The molecule has 1 fully saturated rings. The molecule has 1 aliphatic rings. The molecule has 0 radical (unpaired) electrons. The quantitative estimate of drug-likeness (QED) is 0.655. The molecule has 2 aromatic rings. The molecular formula is C19H27Cl2N5O2S. The Labute approximate surface area is 187 Å². The average molecular weight is 460 g/mol. The molecule has 3 N–H and O–H groups in total. The van der Waals surface area contributed by atoms with Crippen LogP contribution >= 0.6 is 36.2 Å². The Morgan fingerprint density at radius 1 is 1.10 bits per heavy atom. The molecule has 3 rings (SSSR count). The summed E-state index contributed by atoms with van der Waals surface area (Å²) in [4.78, 5) is 32.9. The van der Waals surface area contributed by atoms with Gasteiger partial charge in [-0.1, -0.05) is 30.3 Å². The van der Waals surface area contributed by atoms with Crippen molar-refractivity contribution in [2.24, 2.45) is 5.73 Å². The van der Waals surface area contributed by atoms with Crippen LogP contribution in [0.15, 0.2) is 35.7 Å². The minimum Gasteiger partial charge on any atom is -0.351 e. The number of nitrogens with one attached hydrogen (secondary N) is 1. The Hall–Kier alpha value is -1.71. The molecule has 0 aliphatic carbocycles. The van der Waals surface area contributed by atoms with Crippen LogP contribution in [0.3, 0.4) is 0 Å². The van der Waals surface area contributed by atoms with Crippen LogP contribution in [0.1, 0.15) is 21.1 Å². The first-order chi connectivity index (χ1) is 13.2. The lowest BCUT2D eigenvalue weighted by Crippen LogP contribution is -2.51. The third kappa shape index (κ3) is 7.56. The van der Waals surface area contributed by atoms with Crippen molar-refractivity contribution >= 4 is 48.0 Å². The van der Waals surface area contributed by atoms with Crippen molar-refractivity contribution in [1.82, 2.24) is 20.1 Å². The third-order valence-corrected chi connectivity index (χ3v) is 5.40. The van der Waals surface area contributed by atoms with E-state index in [2.05, 4.69) is 15.2 Å². The first-order valence-electron chi connectivity index (χ1n) is 9.12. The van der Waals surface area contributed by atoms with E-state index in [-0.39, 0.29) is 36.6 Å². The maximum absolute atomic E-state index is 12.5. The molecule has 1 saturated heterocycles. The second-order valence-electron chi connectivity index (χ2n) is 6.50. The minimum absolute atomic E-state index is 0. The van der Waals surface area contributed by atoms with E-state index in [9.17, 15) is 9.59 Å². The largest absolute Gasteiger partial charge is 0.351 e. The Morgan fingerprint density at radius 3 is 2.45 bits per heavy atom. The van der Waals surface area contributed by atoms with Crippen LogP contribution in [0, 0.1) is 0 Å². The van der Waals surface area contributed by atoms with E-state index in [1.54, 1.807) is 10.3 Å². The summed E-state index contributed by atoms with van der Waals surface area (Å²) in [6.45, 7) is 4.00. The number of piperazine rings is 1. The molecule has 1 aliphatic heterocycles. The fourth-order valence-electron chi connectivity index (χ4n) is 2.97. The third-order valence-electron chi connectivity index (χ3n) is 4.49. The van der Waals surface area contributed by atoms with Crippen LogP contribution in [-0.4, -0.2) is 65.9 Å². The number of nitrogens with two attached hydrogens (primary N) is 1. The van der Waals surface area contributed by atoms with Gasteiger partial charge in [0, 0.05) is 44.5 Å². The van der Waals surface area contributed by atoms with Gasteiger partial charge in [-0.05, 0) is 12.1 Å². The van der Waals surface area contributed by atoms with E-state index in [1.165, 1.54) is 11.3 Å². The van der Waals surface area contributed by atoms with Gasteiger partial charge in [0.25, 0.3) is 5.91 Å². The molecule has 0 atom stereocenters. The maximum atomic E-state index is 12.5. The number of carbonyl (C=O) groups is 2. The number of carbonyl (C=O) groups excluding carboxylic acids is 2. The van der Waals surface area contributed by atoms with Crippen molar-refractivity contribution in [2.75, 3.05) is 39.3 Å². The predicted octanol–water partition coefficient (Wildman–Crippen LogP) is 1.56. The van der Waals surface area contributed by atoms with Crippen LogP contribution in [0.4, 0.5) is 0 Å². The number of rotatable bonds is 7. The van der Waals surface area contributed by atoms with Gasteiger partial charge in [0.1, 0.15) is 5.69 Å². The zero-order valence-electron chi connectivity index (χ0n) is 16.1. The van der Waals surface area contributed by atoms with Crippen LogP contribution in [0.25, 0.3) is 0 Å². The highest BCUT2D eigenvalue weighted by molar-refractivity contribution is 7.09. The molecule has 0 unspecified atom stereocenters. The van der Waals surface area contributed by atoms with Crippen molar-refractivity contribution in [3.63, 3.8) is 0 Å². The normalized spacial score (nSPS) is 13.9. The molecule has 7 nitrogen and oxygen atoms in total. The Morgan fingerprint density at radius 2 is 1.79 bits per heavy atom. The van der Waals surface area contributed by atoms with Gasteiger partial charge in [-0.2, -0.15) is 0 Å². The zero-order chi connectivity index (χ0) is 19.1.